The summed E-state index contributed by atoms with van der Waals surface area (Å²) in [6, 6.07) is 7.48. The predicted octanol–water partition coefficient (Wildman–Crippen LogP) is 5.05. The first kappa shape index (κ1) is 21.4. The number of pyridine rings is 1. The summed E-state index contributed by atoms with van der Waals surface area (Å²) in [5.41, 5.74) is 0.660. The quantitative estimate of drug-likeness (QED) is 0.564. The standard InChI is InChI=1S/C20H17F5N4O/c1-2-18(30)27-11-13-10-26-17(12-4-3-5-14(8-12)20(23,24)25)9-15(13)16-6-7-29(28-16)19(21)22/h3-10,19H,2,11H2,1H3,(H,27,30). The van der Waals surface area contributed by atoms with Crippen molar-refractivity contribution in [2.45, 2.75) is 32.6 Å². The average molecular weight is 424 g/mol. The molecule has 0 bridgehead atoms. The highest BCUT2D eigenvalue weighted by Crippen LogP contribution is 2.33. The zero-order valence-electron chi connectivity index (χ0n) is 15.8. The van der Waals surface area contributed by atoms with Crippen LogP contribution in [-0.4, -0.2) is 20.7 Å². The van der Waals surface area contributed by atoms with Crippen molar-refractivity contribution in [3.63, 3.8) is 0 Å². The highest BCUT2D eigenvalue weighted by atomic mass is 19.4. The number of rotatable bonds is 6. The van der Waals surface area contributed by atoms with Crippen LogP contribution in [0.3, 0.4) is 0 Å². The lowest BCUT2D eigenvalue weighted by Gasteiger charge is -2.12. The molecule has 2 aromatic heterocycles. The van der Waals surface area contributed by atoms with Gasteiger partial charge in [0.1, 0.15) is 0 Å². The summed E-state index contributed by atoms with van der Waals surface area (Å²) in [4.78, 5) is 15.8. The Balaban J connectivity index is 2.05. The normalized spacial score (nSPS) is 11.7. The van der Waals surface area contributed by atoms with Gasteiger partial charge in [0.25, 0.3) is 0 Å². The van der Waals surface area contributed by atoms with Gasteiger partial charge in [-0.2, -0.15) is 27.1 Å². The van der Waals surface area contributed by atoms with Gasteiger partial charge in [0.2, 0.25) is 5.91 Å². The molecule has 1 amide bonds. The molecule has 0 saturated carbocycles. The molecule has 3 aromatic rings. The second kappa shape index (κ2) is 8.60. The van der Waals surface area contributed by atoms with Crippen LogP contribution in [0.5, 0.6) is 0 Å². The van der Waals surface area contributed by atoms with Crippen molar-refractivity contribution >= 4 is 5.91 Å². The van der Waals surface area contributed by atoms with E-state index in [-0.39, 0.29) is 35.8 Å². The molecule has 30 heavy (non-hydrogen) atoms. The minimum absolute atomic E-state index is 0.0689. The number of nitrogens with one attached hydrogen (secondary N) is 1. The fraction of sp³-hybridized carbons (Fsp3) is 0.250. The molecule has 1 N–H and O–H groups in total. The van der Waals surface area contributed by atoms with Crippen molar-refractivity contribution < 1.29 is 26.7 Å². The Kier molecular flexibility index (Phi) is 6.14. The molecule has 0 unspecified atom stereocenters. The van der Waals surface area contributed by atoms with E-state index in [1.165, 1.54) is 30.5 Å². The third-order valence-electron chi connectivity index (χ3n) is 4.35. The van der Waals surface area contributed by atoms with Gasteiger partial charge in [-0.3, -0.25) is 9.78 Å². The van der Waals surface area contributed by atoms with E-state index < -0.39 is 18.3 Å². The van der Waals surface area contributed by atoms with Crippen molar-refractivity contribution in [2.75, 3.05) is 0 Å². The molecule has 0 aliphatic rings. The largest absolute Gasteiger partial charge is 0.416 e. The number of alkyl halides is 5. The molecular weight excluding hydrogens is 407 g/mol. The molecule has 0 spiro atoms. The Hall–Kier alpha value is -3.30. The Morgan fingerprint density at radius 3 is 2.57 bits per heavy atom. The third-order valence-corrected chi connectivity index (χ3v) is 4.35. The van der Waals surface area contributed by atoms with E-state index in [0.717, 1.165) is 18.3 Å². The van der Waals surface area contributed by atoms with Crippen LogP contribution in [0, 0.1) is 0 Å². The molecule has 5 nitrogen and oxygen atoms in total. The lowest BCUT2D eigenvalue weighted by molar-refractivity contribution is -0.137. The number of hydrogen-bond donors (Lipinski definition) is 1. The molecule has 0 atom stereocenters. The van der Waals surface area contributed by atoms with Crippen molar-refractivity contribution in [3.05, 3.63) is 59.9 Å². The van der Waals surface area contributed by atoms with E-state index >= 15 is 0 Å². The first-order valence-electron chi connectivity index (χ1n) is 8.96. The van der Waals surface area contributed by atoms with Crippen LogP contribution >= 0.6 is 0 Å². The summed E-state index contributed by atoms with van der Waals surface area (Å²) >= 11 is 0. The maximum absolute atomic E-state index is 13.0. The van der Waals surface area contributed by atoms with Gasteiger partial charge < -0.3 is 5.32 Å². The number of nitrogens with zero attached hydrogens (tertiary/aromatic N) is 3. The van der Waals surface area contributed by atoms with Gasteiger partial charge in [0, 0.05) is 36.5 Å². The summed E-state index contributed by atoms with van der Waals surface area (Å²) in [5, 5.41) is 6.49. The molecule has 0 radical (unpaired) electrons. The Bertz CT molecular complexity index is 1050. The minimum atomic E-state index is -4.51. The molecule has 0 saturated heterocycles. The number of hydrogen-bond acceptors (Lipinski definition) is 3. The first-order chi connectivity index (χ1) is 14.2. The van der Waals surface area contributed by atoms with Crippen molar-refractivity contribution in [1.29, 1.82) is 0 Å². The van der Waals surface area contributed by atoms with E-state index in [0.29, 0.717) is 15.8 Å². The van der Waals surface area contributed by atoms with Crippen LogP contribution in [0.2, 0.25) is 0 Å². The second-order valence-corrected chi connectivity index (χ2v) is 6.39. The highest BCUT2D eigenvalue weighted by Gasteiger charge is 2.30. The van der Waals surface area contributed by atoms with E-state index in [2.05, 4.69) is 15.4 Å². The molecule has 3 rings (SSSR count). The Morgan fingerprint density at radius 1 is 1.17 bits per heavy atom. The smallest absolute Gasteiger partial charge is 0.352 e. The van der Waals surface area contributed by atoms with Crippen molar-refractivity contribution in [1.82, 2.24) is 20.1 Å². The van der Waals surface area contributed by atoms with Crippen LogP contribution in [0.4, 0.5) is 22.0 Å². The van der Waals surface area contributed by atoms with Crippen LogP contribution in [0.25, 0.3) is 22.5 Å². The molecule has 0 fully saturated rings. The van der Waals surface area contributed by atoms with Crippen molar-refractivity contribution in [2.24, 2.45) is 0 Å². The van der Waals surface area contributed by atoms with E-state index in [1.807, 2.05) is 0 Å². The Labute approximate surface area is 168 Å². The maximum atomic E-state index is 13.0. The van der Waals surface area contributed by atoms with Crippen molar-refractivity contribution in [3.8, 4) is 22.5 Å². The molecule has 158 valence electrons. The fourth-order valence-corrected chi connectivity index (χ4v) is 2.78. The van der Waals surface area contributed by atoms with E-state index in [1.54, 1.807) is 6.92 Å². The monoisotopic (exact) mass is 424 g/mol. The van der Waals surface area contributed by atoms with Crippen LogP contribution in [0.15, 0.2) is 48.8 Å². The van der Waals surface area contributed by atoms with Gasteiger partial charge >= 0.3 is 12.7 Å². The van der Waals surface area contributed by atoms with E-state index in [4.69, 9.17) is 0 Å². The molecule has 10 heteroatoms. The Morgan fingerprint density at radius 2 is 1.93 bits per heavy atom. The first-order valence-corrected chi connectivity index (χ1v) is 8.96. The summed E-state index contributed by atoms with van der Waals surface area (Å²) in [7, 11) is 0. The maximum Gasteiger partial charge on any atom is 0.416 e. The lowest BCUT2D eigenvalue weighted by Crippen LogP contribution is -2.22. The summed E-state index contributed by atoms with van der Waals surface area (Å²) < 4.78 is 65.4. The number of carbonyl (C=O) groups is 1. The molecular formula is C20H17F5N4O. The van der Waals surface area contributed by atoms with Gasteiger partial charge in [-0.05, 0) is 29.8 Å². The van der Waals surface area contributed by atoms with Crippen LogP contribution in [0.1, 0.15) is 31.0 Å². The molecule has 0 aliphatic heterocycles. The number of halogens is 5. The number of amides is 1. The van der Waals surface area contributed by atoms with Gasteiger partial charge in [0.15, 0.2) is 0 Å². The number of benzene rings is 1. The van der Waals surface area contributed by atoms with Gasteiger partial charge in [0.05, 0.1) is 17.0 Å². The minimum Gasteiger partial charge on any atom is -0.352 e. The summed E-state index contributed by atoms with van der Waals surface area (Å²) in [6.07, 6.45) is -1.77. The number of aromatic nitrogens is 3. The SMILES string of the molecule is CCC(=O)NCc1cnc(-c2cccc(C(F)(F)F)c2)cc1-c1ccn(C(F)F)n1. The topological polar surface area (TPSA) is 59.8 Å². The van der Waals surface area contributed by atoms with Crippen LogP contribution < -0.4 is 5.32 Å². The van der Waals surface area contributed by atoms with Gasteiger partial charge in [-0.15, -0.1) is 0 Å². The lowest BCUT2D eigenvalue weighted by atomic mass is 10.0. The zero-order chi connectivity index (χ0) is 21.9. The fourth-order valence-electron chi connectivity index (χ4n) is 2.78. The molecule has 0 aliphatic carbocycles. The van der Waals surface area contributed by atoms with Gasteiger partial charge in [-0.25, -0.2) is 4.68 Å². The predicted molar refractivity (Wildman–Crippen MR) is 99.3 cm³/mol. The van der Waals surface area contributed by atoms with E-state index in [9.17, 15) is 26.7 Å². The molecule has 2 heterocycles. The summed E-state index contributed by atoms with van der Waals surface area (Å²) in [5.74, 6) is -0.221. The zero-order valence-corrected chi connectivity index (χ0v) is 15.8. The van der Waals surface area contributed by atoms with Gasteiger partial charge in [-0.1, -0.05) is 19.1 Å². The molecule has 1 aromatic carbocycles. The number of carbonyl (C=O) groups excluding carboxylic acids is 1. The van der Waals surface area contributed by atoms with Crippen LogP contribution in [-0.2, 0) is 17.5 Å². The highest BCUT2D eigenvalue weighted by molar-refractivity contribution is 5.76. The average Bonchev–Trinajstić information content (AvgIpc) is 3.22. The summed E-state index contributed by atoms with van der Waals surface area (Å²) in [6.45, 7) is -1.10. The second-order valence-electron chi connectivity index (χ2n) is 6.39. The third kappa shape index (κ3) is 4.81.